The molecule has 1 aromatic rings. The van der Waals surface area contributed by atoms with Crippen molar-refractivity contribution in [3.8, 4) is 0 Å². The first-order valence-electron chi connectivity index (χ1n) is 8.73. The van der Waals surface area contributed by atoms with E-state index in [4.69, 9.17) is 9.84 Å². The molecular formula is C20H29NO5S. The summed E-state index contributed by atoms with van der Waals surface area (Å²) in [5, 5.41) is 11.6. The van der Waals surface area contributed by atoms with Gasteiger partial charge in [-0.05, 0) is 43.4 Å². The second-order valence-corrected chi connectivity index (χ2v) is 9.11. The molecule has 0 bridgehead atoms. The third kappa shape index (κ3) is 8.47. The molecule has 7 heteroatoms. The number of hydrogen-bond donors (Lipinski definition) is 2. The van der Waals surface area contributed by atoms with Crippen molar-refractivity contribution in [2.45, 2.75) is 58.9 Å². The predicted molar refractivity (Wildman–Crippen MR) is 107 cm³/mol. The Hall–Kier alpha value is -2.02. The number of carbonyl (C=O) groups is 3. The van der Waals surface area contributed by atoms with Crippen molar-refractivity contribution in [2.24, 2.45) is 5.41 Å². The monoisotopic (exact) mass is 395 g/mol. The fraction of sp³-hybridized carbons (Fsp3) is 0.550. The van der Waals surface area contributed by atoms with Crippen LogP contribution < -0.4 is 5.32 Å². The Bertz CT molecular complexity index is 682. The first-order valence-corrected chi connectivity index (χ1v) is 9.78. The average Bonchev–Trinajstić information content (AvgIpc) is 2.48. The van der Waals surface area contributed by atoms with Gasteiger partial charge in [0.15, 0.2) is 0 Å². The van der Waals surface area contributed by atoms with Gasteiger partial charge >= 0.3 is 11.9 Å². The van der Waals surface area contributed by atoms with Gasteiger partial charge in [-0.1, -0.05) is 26.0 Å². The van der Waals surface area contributed by atoms with E-state index in [0.29, 0.717) is 12.2 Å². The minimum Gasteiger partial charge on any atom is -0.478 e. The molecule has 1 unspecified atom stereocenters. The lowest BCUT2D eigenvalue weighted by Crippen LogP contribution is -2.35. The van der Waals surface area contributed by atoms with Gasteiger partial charge in [0, 0.05) is 19.6 Å². The Morgan fingerprint density at radius 3 is 2.11 bits per heavy atom. The minimum atomic E-state index is -0.987. The van der Waals surface area contributed by atoms with Crippen molar-refractivity contribution in [3.63, 3.8) is 0 Å². The van der Waals surface area contributed by atoms with Crippen LogP contribution in [0.25, 0.3) is 0 Å². The van der Waals surface area contributed by atoms with Gasteiger partial charge in [0.25, 0.3) is 0 Å². The van der Waals surface area contributed by atoms with E-state index in [0.717, 1.165) is 5.56 Å². The molecule has 0 heterocycles. The molecular weight excluding hydrogens is 366 g/mol. The molecule has 1 atom stereocenters. The summed E-state index contributed by atoms with van der Waals surface area (Å²) < 4.78 is 5.39. The lowest BCUT2D eigenvalue weighted by atomic mass is 9.83. The fourth-order valence-electron chi connectivity index (χ4n) is 3.14. The molecule has 6 nitrogen and oxygen atoms in total. The molecule has 0 aliphatic rings. The summed E-state index contributed by atoms with van der Waals surface area (Å²) in [5.41, 5.74) is 0.299. The van der Waals surface area contributed by atoms with Crippen LogP contribution in [0, 0.1) is 5.41 Å². The molecule has 0 saturated carbocycles. The molecule has 0 radical (unpaired) electrons. The second kappa shape index (κ2) is 9.26. The van der Waals surface area contributed by atoms with E-state index in [-0.39, 0.29) is 28.2 Å². The number of amides is 1. The number of carbonyl (C=O) groups excluding carboxylic acids is 2. The normalized spacial score (nSPS) is 13.0. The second-order valence-electron chi connectivity index (χ2n) is 8.01. The Labute approximate surface area is 165 Å². The Morgan fingerprint density at radius 1 is 1.11 bits per heavy atom. The average molecular weight is 396 g/mol. The van der Waals surface area contributed by atoms with Crippen LogP contribution in [0.2, 0.25) is 0 Å². The predicted octanol–water partition coefficient (Wildman–Crippen LogP) is 4.01. The van der Waals surface area contributed by atoms with Gasteiger partial charge in [-0.15, -0.1) is 11.8 Å². The summed E-state index contributed by atoms with van der Waals surface area (Å²) in [6.07, 6.45) is 0.664. The summed E-state index contributed by atoms with van der Waals surface area (Å²) in [6, 6.07) is 6.49. The molecule has 0 saturated heterocycles. The lowest BCUT2D eigenvalue weighted by molar-refractivity contribution is -0.155. The third-order valence-electron chi connectivity index (χ3n) is 3.76. The number of esters is 1. The molecule has 150 valence electrons. The van der Waals surface area contributed by atoms with Crippen LogP contribution in [0.5, 0.6) is 0 Å². The number of ether oxygens (including phenoxy) is 1. The first kappa shape index (κ1) is 23.0. The maximum absolute atomic E-state index is 11.6. The van der Waals surface area contributed by atoms with E-state index in [1.165, 1.54) is 26.0 Å². The van der Waals surface area contributed by atoms with Crippen molar-refractivity contribution in [2.75, 3.05) is 5.75 Å². The highest BCUT2D eigenvalue weighted by Crippen LogP contribution is 2.37. The molecule has 0 fully saturated rings. The Kier molecular flexibility index (Phi) is 7.90. The molecule has 0 aliphatic carbocycles. The van der Waals surface area contributed by atoms with Gasteiger partial charge in [0.1, 0.15) is 11.0 Å². The topological polar surface area (TPSA) is 92.7 Å². The number of nitrogens with one attached hydrogen (secondary N) is 1. The zero-order chi connectivity index (χ0) is 20.8. The van der Waals surface area contributed by atoms with E-state index >= 15 is 0 Å². The summed E-state index contributed by atoms with van der Waals surface area (Å²) in [6.45, 7) is 10.8. The molecule has 1 aromatic carbocycles. The first-order chi connectivity index (χ1) is 12.3. The Morgan fingerprint density at radius 2 is 1.67 bits per heavy atom. The standard InChI is InChI=1S/C20H29NO5S/c1-13(22)21-17(15-7-9-16(10-8-15)18(24)25)27-12-19(3,4)11-20(5,6)26-14(2)23/h7-10,17H,11-12H2,1-6H3,(H,21,22)(H,24,25). The molecule has 0 aromatic heterocycles. The summed E-state index contributed by atoms with van der Waals surface area (Å²) in [5.74, 6) is -0.742. The number of benzene rings is 1. The van der Waals surface area contributed by atoms with Gasteiger partial charge in [-0.2, -0.15) is 0 Å². The maximum Gasteiger partial charge on any atom is 0.335 e. The van der Waals surface area contributed by atoms with E-state index in [1.54, 1.807) is 23.9 Å². The van der Waals surface area contributed by atoms with Gasteiger partial charge in [0.05, 0.1) is 5.56 Å². The highest BCUT2D eigenvalue weighted by molar-refractivity contribution is 7.99. The van der Waals surface area contributed by atoms with E-state index < -0.39 is 11.6 Å². The maximum atomic E-state index is 11.6. The molecule has 0 spiro atoms. The zero-order valence-electron chi connectivity index (χ0n) is 16.8. The van der Waals surface area contributed by atoms with Crippen LogP contribution >= 0.6 is 11.8 Å². The third-order valence-corrected chi connectivity index (χ3v) is 5.43. The molecule has 27 heavy (non-hydrogen) atoms. The van der Waals surface area contributed by atoms with Crippen LogP contribution in [-0.4, -0.2) is 34.3 Å². The van der Waals surface area contributed by atoms with Crippen molar-refractivity contribution in [1.82, 2.24) is 5.32 Å². The largest absolute Gasteiger partial charge is 0.478 e. The van der Waals surface area contributed by atoms with Crippen LogP contribution in [0.4, 0.5) is 0 Å². The van der Waals surface area contributed by atoms with Crippen LogP contribution in [-0.2, 0) is 14.3 Å². The van der Waals surface area contributed by atoms with E-state index in [9.17, 15) is 14.4 Å². The summed E-state index contributed by atoms with van der Waals surface area (Å²) in [7, 11) is 0. The van der Waals surface area contributed by atoms with Crippen molar-refractivity contribution < 1.29 is 24.2 Å². The molecule has 1 amide bonds. The highest BCUT2D eigenvalue weighted by Gasteiger charge is 2.32. The molecule has 1 rings (SSSR count). The van der Waals surface area contributed by atoms with Crippen molar-refractivity contribution in [3.05, 3.63) is 35.4 Å². The number of thioether (sulfide) groups is 1. The quantitative estimate of drug-likeness (QED) is 0.485. The lowest BCUT2D eigenvalue weighted by Gasteiger charge is -2.35. The molecule has 2 N–H and O–H groups in total. The van der Waals surface area contributed by atoms with Crippen LogP contribution in [0.1, 0.15) is 69.3 Å². The van der Waals surface area contributed by atoms with Gasteiger partial charge in [-0.3, -0.25) is 9.59 Å². The zero-order valence-corrected chi connectivity index (χ0v) is 17.6. The highest BCUT2D eigenvalue weighted by atomic mass is 32.2. The number of hydrogen-bond acceptors (Lipinski definition) is 5. The smallest absolute Gasteiger partial charge is 0.335 e. The number of carboxylic acids is 1. The van der Waals surface area contributed by atoms with Crippen LogP contribution in [0.3, 0.4) is 0 Å². The van der Waals surface area contributed by atoms with Crippen LogP contribution in [0.15, 0.2) is 24.3 Å². The number of aromatic carboxylic acids is 1. The van der Waals surface area contributed by atoms with Gasteiger partial charge in [-0.25, -0.2) is 4.79 Å². The van der Waals surface area contributed by atoms with Crippen molar-refractivity contribution >= 4 is 29.6 Å². The Balaban J connectivity index is 2.86. The van der Waals surface area contributed by atoms with Crippen molar-refractivity contribution in [1.29, 1.82) is 0 Å². The number of carboxylic acid groups (broad SMARTS) is 1. The fourth-order valence-corrected chi connectivity index (χ4v) is 4.46. The SMILES string of the molecule is CC(=O)NC(SCC(C)(C)CC(C)(C)OC(C)=O)c1ccc(C(=O)O)cc1. The number of rotatable bonds is 9. The van der Waals surface area contributed by atoms with Gasteiger partial charge in [0.2, 0.25) is 5.91 Å². The van der Waals surface area contributed by atoms with Gasteiger partial charge < -0.3 is 15.2 Å². The van der Waals surface area contributed by atoms with E-state index in [2.05, 4.69) is 19.2 Å². The summed E-state index contributed by atoms with van der Waals surface area (Å²) in [4.78, 5) is 33.9. The van der Waals surface area contributed by atoms with E-state index in [1.807, 2.05) is 13.8 Å². The summed E-state index contributed by atoms with van der Waals surface area (Å²) >= 11 is 1.56. The molecule has 0 aliphatic heterocycles. The minimum absolute atomic E-state index is 0.151.